The van der Waals surface area contributed by atoms with E-state index in [0.717, 1.165) is 0 Å². The average molecular weight is 231 g/mol. The molecule has 82 valence electrons. The number of carbonyl (C=O) groups excluding carboxylic acids is 1. The van der Waals surface area contributed by atoms with Crippen LogP contribution in [0.3, 0.4) is 0 Å². The van der Waals surface area contributed by atoms with Gasteiger partial charge in [0, 0.05) is 0 Å². The van der Waals surface area contributed by atoms with E-state index in [1.807, 2.05) is 0 Å². The van der Waals surface area contributed by atoms with Gasteiger partial charge in [-0.2, -0.15) is 0 Å². The Morgan fingerprint density at radius 3 is 2.27 bits per heavy atom. The minimum Gasteiger partial charge on any atom is -0.478 e. The number of benzene rings is 1. The molecule has 0 aliphatic carbocycles. The zero-order chi connectivity index (χ0) is 10.6. The highest BCUT2D eigenvalue weighted by Crippen LogP contribution is 2.09. The van der Waals surface area contributed by atoms with E-state index in [9.17, 15) is 9.59 Å². The van der Waals surface area contributed by atoms with E-state index in [0.29, 0.717) is 0 Å². The van der Waals surface area contributed by atoms with Gasteiger partial charge in [-0.15, -0.1) is 12.4 Å². The van der Waals surface area contributed by atoms with Crippen LogP contribution >= 0.6 is 12.4 Å². The standard InChI is InChI=1S/C10H10O4.ClH/c1-2-14-10(13)8-6-4-3-5-7(8)9(11)12;/h3-6H,2H2,1H3,(H,11,12);1H. The van der Waals surface area contributed by atoms with Crippen LogP contribution in [0.4, 0.5) is 0 Å². The molecule has 15 heavy (non-hydrogen) atoms. The fourth-order valence-electron chi connectivity index (χ4n) is 1.06. The molecule has 0 aliphatic heterocycles. The number of halogens is 1. The zero-order valence-electron chi connectivity index (χ0n) is 8.10. The topological polar surface area (TPSA) is 63.6 Å². The molecule has 1 aromatic rings. The van der Waals surface area contributed by atoms with Gasteiger partial charge in [0.05, 0.1) is 17.7 Å². The first-order chi connectivity index (χ1) is 6.66. The van der Waals surface area contributed by atoms with Crippen molar-refractivity contribution in [2.75, 3.05) is 6.61 Å². The molecule has 1 N–H and O–H groups in total. The second-order valence-corrected chi connectivity index (χ2v) is 2.57. The fourth-order valence-corrected chi connectivity index (χ4v) is 1.06. The van der Waals surface area contributed by atoms with E-state index in [4.69, 9.17) is 9.84 Å². The molecule has 0 amide bonds. The summed E-state index contributed by atoms with van der Waals surface area (Å²) in [5.74, 6) is -1.74. The highest BCUT2D eigenvalue weighted by molar-refractivity contribution is 6.02. The van der Waals surface area contributed by atoms with Gasteiger partial charge in [-0.25, -0.2) is 9.59 Å². The monoisotopic (exact) mass is 230 g/mol. The third-order valence-corrected chi connectivity index (χ3v) is 1.65. The Bertz CT molecular complexity index is 362. The lowest BCUT2D eigenvalue weighted by Crippen LogP contribution is -2.11. The molecule has 4 nitrogen and oxygen atoms in total. The van der Waals surface area contributed by atoms with Crippen LogP contribution < -0.4 is 0 Å². The number of esters is 1. The third-order valence-electron chi connectivity index (χ3n) is 1.65. The fraction of sp³-hybridized carbons (Fsp3) is 0.200. The molecule has 5 heteroatoms. The van der Waals surface area contributed by atoms with Crippen molar-refractivity contribution in [3.63, 3.8) is 0 Å². The molecule has 0 saturated carbocycles. The average Bonchev–Trinajstić information content (AvgIpc) is 2.18. The van der Waals surface area contributed by atoms with Gasteiger partial charge in [0.25, 0.3) is 0 Å². The van der Waals surface area contributed by atoms with Crippen molar-refractivity contribution >= 4 is 24.3 Å². The maximum Gasteiger partial charge on any atom is 0.338 e. The normalized spacial score (nSPS) is 8.87. The highest BCUT2D eigenvalue weighted by Gasteiger charge is 2.15. The summed E-state index contributed by atoms with van der Waals surface area (Å²) in [4.78, 5) is 22.0. The summed E-state index contributed by atoms with van der Waals surface area (Å²) in [5.41, 5.74) is 0.0489. The molecule has 1 aromatic carbocycles. The second kappa shape index (κ2) is 6.03. The van der Waals surface area contributed by atoms with Crippen LogP contribution in [-0.4, -0.2) is 23.7 Å². The SMILES string of the molecule is CCOC(=O)c1ccccc1C(=O)O.Cl. The van der Waals surface area contributed by atoms with Crippen molar-refractivity contribution in [2.24, 2.45) is 0 Å². The molecule has 0 bridgehead atoms. The molecule has 0 saturated heterocycles. The van der Waals surface area contributed by atoms with E-state index >= 15 is 0 Å². The van der Waals surface area contributed by atoms with Crippen LogP contribution in [0.5, 0.6) is 0 Å². The summed E-state index contributed by atoms with van der Waals surface area (Å²) >= 11 is 0. The minimum absolute atomic E-state index is 0. The lowest BCUT2D eigenvalue weighted by molar-refractivity contribution is 0.0514. The Morgan fingerprint density at radius 1 is 1.27 bits per heavy atom. The molecular weight excluding hydrogens is 220 g/mol. The summed E-state index contributed by atoms with van der Waals surface area (Å²) in [6.45, 7) is 1.90. The van der Waals surface area contributed by atoms with Crippen molar-refractivity contribution < 1.29 is 19.4 Å². The first-order valence-electron chi connectivity index (χ1n) is 4.16. The number of rotatable bonds is 3. The van der Waals surface area contributed by atoms with Gasteiger partial charge in [0.1, 0.15) is 0 Å². The Balaban J connectivity index is 0.00000196. The Hall–Kier alpha value is -1.55. The highest BCUT2D eigenvalue weighted by atomic mass is 35.5. The van der Waals surface area contributed by atoms with Crippen LogP contribution in [0.2, 0.25) is 0 Å². The van der Waals surface area contributed by atoms with Crippen LogP contribution in [0, 0.1) is 0 Å². The number of hydrogen-bond donors (Lipinski definition) is 1. The molecule has 1 rings (SSSR count). The largest absolute Gasteiger partial charge is 0.478 e. The minimum atomic E-state index is -1.13. The number of aromatic carboxylic acids is 1. The molecule has 0 spiro atoms. The van der Waals surface area contributed by atoms with Crippen molar-refractivity contribution in [3.8, 4) is 0 Å². The van der Waals surface area contributed by atoms with Crippen LogP contribution in [0.15, 0.2) is 24.3 Å². The number of carboxylic acid groups (broad SMARTS) is 1. The summed E-state index contributed by atoms with van der Waals surface area (Å²) in [6, 6.07) is 5.96. The third kappa shape index (κ3) is 3.25. The Labute approximate surface area is 93.3 Å². The first-order valence-corrected chi connectivity index (χ1v) is 4.16. The number of ether oxygens (including phenoxy) is 1. The predicted molar refractivity (Wildman–Crippen MR) is 56.6 cm³/mol. The number of carbonyl (C=O) groups is 2. The van der Waals surface area contributed by atoms with Gasteiger partial charge >= 0.3 is 11.9 Å². The smallest absolute Gasteiger partial charge is 0.338 e. The van der Waals surface area contributed by atoms with Gasteiger partial charge in [0.15, 0.2) is 0 Å². The molecular formula is C10H11ClO4. The molecule has 0 aliphatic rings. The lowest BCUT2D eigenvalue weighted by Gasteiger charge is -2.04. The van der Waals surface area contributed by atoms with Gasteiger partial charge in [-0.05, 0) is 19.1 Å². The van der Waals surface area contributed by atoms with Crippen molar-refractivity contribution in [3.05, 3.63) is 35.4 Å². The zero-order valence-corrected chi connectivity index (χ0v) is 8.91. The first kappa shape index (κ1) is 13.4. The summed E-state index contributed by atoms with van der Waals surface area (Å²) in [5, 5.41) is 8.77. The van der Waals surface area contributed by atoms with Gasteiger partial charge in [0.2, 0.25) is 0 Å². The summed E-state index contributed by atoms with van der Waals surface area (Å²) in [7, 11) is 0. The Kier molecular flexibility index (Phi) is 5.41. The maximum absolute atomic E-state index is 11.3. The van der Waals surface area contributed by atoms with Crippen LogP contribution in [0.1, 0.15) is 27.6 Å². The molecule has 0 atom stereocenters. The Morgan fingerprint density at radius 2 is 1.80 bits per heavy atom. The van der Waals surface area contributed by atoms with E-state index in [2.05, 4.69) is 0 Å². The van der Waals surface area contributed by atoms with Crippen molar-refractivity contribution in [2.45, 2.75) is 6.92 Å². The van der Waals surface area contributed by atoms with Gasteiger partial charge in [-0.1, -0.05) is 12.1 Å². The van der Waals surface area contributed by atoms with E-state index in [1.54, 1.807) is 19.1 Å². The van der Waals surface area contributed by atoms with Crippen LogP contribution in [-0.2, 0) is 4.74 Å². The van der Waals surface area contributed by atoms with Gasteiger partial charge < -0.3 is 9.84 Å². The molecule has 0 unspecified atom stereocenters. The number of carboxylic acids is 1. The molecule has 0 fully saturated rings. The molecule has 0 radical (unpaired) electrons. The predicted octanol–water partition coefficient (Wildman–Crippen LogP) is 1.98. The van der Waals surface area contributed by atoms with E-state index in [-0.39, 0.29) is 30.1 Å². The lowest BCUT2D eigenvalue weighted by atomic mass is 10.1. The van der Waals surface area contributed by atoms with Crippen molar-refractivity contribution in [1.29, 1.82) is 0 Å². The molecule has 0 heterocycles. The second-order valence-electron chi connectivity index (χ2n) is 2.57. The summed E-state index contributed by atoms with van der Waals surface area (Å²) in [6.07, 6.45) is 0. The van der Waals surface area contributed by atoms with Gasteiger partial charge in [-0.3, -0.25) is 0 Å². The molecule has 0 aromatic heterocycles. The summed E-state index contributed by atoms with van der Waals surface area (Å²) < 4.78 is 4.72. The van der Waals surface area contributed by atoms with Crippen LogP contribution in [0.25, 0.3) is 0 Å². The van der Waals surface area contributed by atoms with Crippen molar-refractivity contribution in [1.82, 2.24) is 0 Å². The maximum atomic E-state index is 11.3. The quantitative estimate of drug-likeness (QED) is 0.807. The number of hydrogen-bond acceptors (Lipinski definition) is 3. The van der Waals surface area contributed by atoms with E-state index < -0.39 is 11.9 Å². The van der Waals surface area contributed by atoms with E-state index in [1.165, 1.54) is 12.1 Å².